The Hall–Kier alpha value is -2.91. The van der Waals surface area contributed by atoms with Crippen LogP contribution in [0.3, 0.4) is 0 Å². The Kier molecular flexibility index (Phi) is 5.66. The monoisotopic (exact) mass is 395 g/mol. The number of hydrogen-bond donors (Lipinski definition) is 2. The molecule has 2 heterocycles. The molecule has 0 saturated carbocycles. The second kappa shape index (κ2) is 7.99. The number of carbonyl (C=O) groups excluding carboxylic acids is 2. The highest BCUT2D eigenvalue weighted by Gasteiger charge is 2.32. The number of carbonyl (C=O) groups is 2. The van der Waals surface area contributed by atoms with Crippen molar-refractivity contribution in [2.45, 2.75) is 39.0 Å². The van der Waals surface area contributed by atoms with Gasteiger partial charge in [-0.15, -0.1) is 0 Å². The molecule has 3 rings (SSSR count). The maximum Gasteiger partial charge on any atom is 0.416 e. The van der Waals surface area contributed by atoms with Crippen LogP contribution in [0.2, 0.25) is 0 Å². The molecule has 150 valence electrons. The summed E-state index contributed by atoms with van der Waals surface area (Å²) in [6, 6.07) is 4.87. The average Bonchev–Trinajstić information content (AvgIpc) is 3.06. The number of alkyl halides is 3. The quantitative estimate of drug-likeness (QED) is 0.812. The molecule has 1 atom stereocenters. The minimum atomic E-state index is -4.44. The van der Waals surface area contributed by atoms with Crippen LogP contribution in [-0.4, -0.2) is 38.4 Å². The van der Waals surface area contributed by atoms with Crippen LogP contribution in [0.1, 0.15) is 35.6 Å². The van der Waals surface area contributed by atoms with Crippen LogP contribution in [0.4, 0.5) is 13.2 Å². The maximum absolute atomic E-state index is 12.9. The van der Waals surface area contributed by atoms with Crippen LogP contribution >= 0.6 is 0 Å². The van der Waals surface area contributed by atoms with E-state index in [0.717, 1.165) is 12.1 Å². The van der Waals surface area contributed by atoms with Crippen LogP contribution in [0.5, 0.6) is 0 Å². The van der Waals surface area contributed by atoms with E-state index in [2.05, 4.69) is 20.5 Å². The Labute approximate surface area is 159 Å². The summed E-state index contributed by atoms with van der Waals surface area (Å²) in [5, 5.41) is 9.36. The first kappa shape index (κ1) is 19.8. The van der Waals surface area contributed by atoms with E-state index in [4.69, 9.17) is 0 Å². The topological polar surface area (TPSA) is 91.0 Å². The summed E-state index contributed by atoms with van der Waals surface area (Å²) in [5.41, 5.74) is -0.383. The fourth-order valence-corrected chi connectivity index (χ4v) is 3.13. The normalized spacial score (nSPS) is 17.6. The molecule has 28 heavy (non-hydrogen) atoms. The summed E-state index contributed by atoms with van der Waals surface area (Å²) in [5.74, 6) is 0.261. The average molecular weight is 395 g/mol. The summed E-state index contributed by atoms with van der Waals surface area (Å²) < 4.78 is 38.6. The number of amides is 2. The van der Waals surface area contributed by atoms with Crippen molar-refractivity contribution in [2.24, 2.45) is 5.92 Å². The summed E-state index contributed by atoms with van der Waals surface area (Å²) in [6.45, 7) is 2.11. The van der Waals surface area contributed by atoms with Crippen molar-refractivity contribution in [3.05, 3.63) is 47.0 Å². The first-order chi connectivity index (χ1) is 13.2. The van der Waals surface area contributed by atoms with E-state index >= 15 is 0 Å². The smallest absolute Gasteiger partial charge is 0.348 e. The fraction of sp³-hybridized carbons (Fsp3) is 0.444. The third-order valence-electron chi connectivity index (χ3n) is 4.56. The largest absolute Gasteiger partial charge is 0.416 e. The summed E-state index contributed by atoms with van der Waals surface area (Å²) in [6.07, 6.45) is -3.86. The van der Waals surface area contributed by atoms with Gasteiger partial charge in [-0.1, -0.05) is 12.1 Å². The van der Waals surface area contributed by atoms with Gasteiger partial charge in [-0.25, -0.2) is 4.98 Å². The number of benzene rings is 1. The Morgan fingerprint density at radius 1 is 1.39 bits per heavy atom. The molecule has 0 aliphatic carbocycles. The number of nitrogens with one attached hydrogen (secondary N) is 2. The van der Waals surface area contributed by atoms with E-state index in [9.17, 15) is 22.8 Å². The molecule has 7 nitrogen and oxygen atoms in total. The van der Waals surface area contributed by atoms with Gasteiger partial charge >= 0.3 is 6.18 Å². The van der Waals surface area contributed by atoms with Crippen LogP contribution in [0.15, 0.2) is 24.3 Å². The fourth-order valence-electron chi connectivity index (χ4n) is 3.13. The van der Waals surface area contributed by atoms with Crippen molar-refractivity contribution in [1.29, 1.82) is 0 Å². The molecule has 2 N–H and O–H groups in total. The van der Waals surface area contributed by atoms with Crippen LogP contribution in [0.25, 0.3) is 0 Å². The molecule has 1 aromatic heterocycles. The molecule has 0 spiro atoms. The Bertz CT molecular complexity index is 865. The zero-order valence-electron chi connectivity index (χ0n) is 15.2. The van der Waals surface area contributed by atoms with Crippen molar-refractivity contribution in [3.8, 4) is 0 Å². The standard InChI is InChI=1S/C18H20F3N5O2/c1-11-23-15(25-24-11)8-22-17(28)13-5-6-16(27)26(10-13)9-12-3-2-4-14(7-12)18(19,20)21/h2-4,7,13H,5-6,8-10H2,1H3,(H,22,28)(H,23,24,25)/t13-/m0/s1. The number of likely N-dealkylation sites (tertiary alicyclic amines) is 1. The van der Waals surface area contributed by atoms with Gasteiger partial charge in [0.25, 0.3) is 0 Å². The molecular formula is C18H20F3N5O2. The Balaban J connectivity index is 1.61. The lowest BCUT2D eigenvalue weighted by Gasteiger charge is -2.32. The highest BCUT2D eigenvalue weighted by Crippen LogP contribution is 2.30. The van der Waals surface area contributed by atoms with Gasteiger partial charge in [0.05, 0.1) is 18.0 Å². The van der Waals surface area contributed by atoms with Gasteiger partial charge < -0.3 is 10.2 Å². The van der Waals surface area contributed by atoms with Gasteiger partial charge in [0.2, 0.25) is 11.8 Å². The van der Waals surface area contributed by atoms with Gasteiger partial charge in [-0.05, 0) is 31.0 Å². The number of hydrogen-bond acceptors (Lipinski definition) is 4. The molecule has 1 saturated heterocycles. The van der Waals surface area contributed by atoms with Gasteiger partial charge in [0.1, 0.15) is 5.82 Å². The number of aromatic amines is 1. The Morgan fingerprint density at radius 3 is 2.86 bits per heavy atom. The lowest BCUT2D eigenvalue weighted by molar-refractivity contribution is -0.139. The zero-order valence-corrected chi connectivity index (χ0v) is 15.2. The van der Waals surface area contributed by atoms with E-state index < -0.39 is 17.7 Å². The number of halogens is 3. The van der Waals surface area contributed by atoms with Crippen LogP contribution in [0, 0.1) is 12.8 Å². The number of rotatable bonds is 5. The summed E-state index contributed by atoms with van der Waals surface area (Å²) in [4.78, 5) is 30.1. The molecule has 2 aromatic rings. The number of nitrogens with zero attached hydrogens (tertiary/aromatic N) is 3. The second-order valence-corrected chi connectivity index (χ2v) is 6.76. The molecule has 2 amide bonds. The van der Waals surface area contributed by atoms with E-state index in [1.807, 2.05) is 0 Å². The number of aromatic nitrogens is 3. The summed E-state index contributed by atoms with van der Waals surface area (Å²) in [7, 11) is 0. The first-order valence-electron chi connectivity index (χ1n) is 8.82. The van der Waals surface area contributed by atoms with E-state index in [1.165, 1.54) is 17.0 Å². The number of aryl methyl sites for hydroxylation is 1. The lowest BCUT2D eigenvalue weighted by Crippen LogP contribution is -2.45. The predicted molar refractivity (Wildman–Crippen MR) is 92.6 cm³/mol. The maximum atomic E-state index is 12.9. The van der Waals surface area contributed by atoms with Crippen molar-refractivity contribution < 1.29 is 22.8 Å². The highest BCUT2D eigenvalue weighted by molar-refractivity contribution is 5.83. The summed E-state index contributed by atoms with van der Waals surface area (Å²) >= 11 is 0. The predicted octanol–water partition coefficient (Wildman–Crippen LogP) is 2.19. The van der Waals surface area contributed by atoms with E-state index in [0.29, 0.717) is 23.6 Å². The molecule has 1 aliphatic rings. The molecule has 1 aliphatic heterocycles. The molecule has 0 unspecified atom stereocenters. The highest BCUT2D eigenvalue weighted by atomic mass is 19.4. The second-order valence-electron chi connectivity index (χ2n) is 6.76. The first-order valence-corrected chi connectivity index (χ1v) is 8.82. The minimum Gasteiger partial charge on any atom is -0.348 e. The van der Waals surface area contributed by atoms with Crippen molar-refractivity contribution >= 4 is 11.8 Å². The SMILES string of the molecule is Cc1nc(CNC(=O)[C@H]2CCC(=O)N(Cc3cccc(C(F)(F)F)c3)C2)n[nH]1. The van der Waals surface area contributed by atoms with Crippen LogP contribution in [-0.2, 0) is 28.9 Å². The zero-order chi connectivity index (χ0) is 20.3. The Morgan fingerprint density at radius 2 is 2.18 bits per heavy atom. The third-order valence-corrected chi connectivity index (χ3v) is 4.56. The van der Waals surface area contributed by atoms with Gasteiger partial charge in [-0.2, -0.15) is 18.3 Å². The minimum absolute atomic E-state index is 0.0344. The van der Waals surface area contributed by atoms with Crippen molar-refractivity contribution in [2.75, 3.05) is 6.54 Å². The molecule has 10 heteroatoms. The van der Waals surface area contributed by atoms with Crippen molar-refractivity contribution in [1.82, 2.24) is 25.4 Å². The number of piperidine rings is 1. The van der Waals surface area contributed by atoms with E-state index in [1.54, 1.807) is 6.92 Å². The molecule has 1 fully saturated rings. The molecule has 0 radical (unpaired) electrons. The van der Waals surface area contributed by atoms with Gasteiger partial charge in [-0.3, -0.25) is 14.7 Å². The van der Waals surface area contributed by atoms with E-state index in [-0.39, 0.29) is 37.9 Å². The van der Waals surface area contributed by atoms with Gasteiger partial charge in [0.15, 0.2) is 5.82 Å². The molecule has 1 aromatic carbocycles. The molecular weight excluding hydrogens is 375 g/mol. The van der Waals surface area contributed by atoms with Crippen molar-refractivity contribution in [3.63, 3.8) is 0 Å². The number of H-pyrrole nitrogens is 1. The lowest BCUT2D eigenvalue weighted by atomic mass is 9.96. The van der Waals surface area contributed by atoms with Crippen LogP contribution < -0.4 is 5.32 Å². The van der Waals surface area contributed by atoms with Gasteiger partial charge in [0, 0.05) is 19.5 Å². The third kappa shape index (κ3) is 4.87. The molecule has 0 bridgehead atoms.